The number of aryl methyl sites for hydroxylation is 6. The van der Waals surface area contributed by atoms with Gasteiger partial charge in [-0.05, 0) is 134 Å². The maximum Gasteiger partial charge on any atom is 0.125 e. The Morgan fingerprint density at radius 1 is 0.529 bits per heavy atom. The number of epoxide rings is 2. The SMILES string of the molecule is C.CCc1ccc(CC)cc1.Cc1cc(-c2cc(C)c(OCC3CO3)c(C)c2)cc(C)c1OCC1CO1.Oc1ccccc1.Oc1ccccc1. The molecule has 0 radical (unpaired) electrons. The molecule has 2 aliphatic heterocycles. The lowest BCUT2D eigenvalue weighted by Gasteiger charge is -2.16. The number of rotatable bonds is 9. The first kappa shape index (κ1) is 40.6. The van der Waals surface area contributed by atoms with Gasteiger partial charge in [-0.3, -0.25) is 0 Å². The number of ether oxygens (including phenoxy) is 4. The molecule has 0 saturated carbocycles. The highest BCUT2D eigenvalue weighted by Gasteiger charge is 2.25. The lowest BCUT2D eigenvalue weighted by Crippen LogP contribution is -2.07. The van der Waals surface area contributed by atoms with Gasteiger partial charge in [0.2, 0.25) is 0 Å². The second-order valence-electron chi connectivity index (χ2n) is 12.6. The zero-order valence-corrected chi connectivity index (χ0v) is 30.3. The fourth-order valence-electron chi connectivity index (χ4n) is 5.24. The van der Waals surface area contributed by atoms with Gasteiger partial charge in [-0.2, -0.15) is 0 Å². The Morgan fingerprint density at radius 2 is 0.824 bits per heavy atom. The molecule has 0 aliphatic carbocycles. The zero-order chi connectivity index (χ0) is 35.9. The topological polar surface area (TPSA) is 84.0 Å². The van der Waals surface area contributed by atoms with Crippen LogP contribution in [0.2, 0.25) is 0 Å². The Balaban J connectivity index is 0.000000228. The summed E-state index contributed by atoms with van der Waals surface area (Å²) in [7, 11) is 0. The molecule has 6 heteroatoms. The zero-order valence-electron chi connectivity index (χ0n) is 30.3. The third-order valence-electron chi connectivity index (χ3n) is 8.24. The first-order chi connectivity index (χ1) is 24.2. The van der Waals surface area contributed by atoms with E-state index in [0.717, 1.165) is 59.8 Å². The number of benzene rings is 5. The Kier molecular flexibility index (Phi) is 16.6. The molecule has 2 saturated heterocycles. The molecule has 2 fully saturated rings. The minimum Gasteiger partial charge on any atom is -0.508 e. The Morgan fingerprint density at radius 3 is 1.04 bits per heavy atom. The summed E-state index contributed by atoms with van der Waals surface area (Å²) in [5.74, 6) is 2.59. The first-order valence-corrected chi connectivity index (χ1v) is 17.4. The molecule has 7 rings (SSSR count). The van der Waals surface area contributed by atoms with Crippen molar-refractivity contribution in [1.29, 1.82) is 0 Å². The molecule has 5 aromatic rings. The van der Waals surface area contributed by atoms with Crippen LogP contribution in [0.25, 0.3) is 11.1 Å². The summed E-state index contributed by atoms with van der Waals surface area (Å²) in [4.78, 5) is 0. The normalized spacial score (nSPS) is 14.9. The molecule has 5 aromatic carbocycles. The van der Waals surface area contributed by atoms with Crippen molar-refractivity contribution < 1.29 is 29.2 Å². The van der Waals surface area contributed by atoms with E-state index in [9.17, 15) is 0 Å². The maximum atomic E-state index is 8.63. The number of hydrogen-bond donors (Lipinski definition) is 2. The minimum absolute atomic E-state index is 0. The highest BCUT2D eigenvalue weighted by molar-refractivity contribution is 5.70. The highest BCUT2D eigenvalue weighted by Crippen LogP contribution is 2.35. The van der Waals surface area contributed by atoms with E-state index in [-0.39, 0.29) is 19.6 Å². The van der Waals surface area contributed by atoms with E-state index < -0.39 is 0 Å². The predicted octanol–water partition coefficient (Wildman–Crippen LogP) is 10.4. The van der Waals surface area contributed by atoms with Gasteiger partial charge in [0.25, 0.3) is 0 Å². The van der Waals surface area contributed by atoms with Gasteiger partial charge in [0.1, 0.15) is 48.4 Å². The van der Waals surface area contributed by atoms with E-state index in [1.807, 2.05) is 12.1 Å². The van der Waals surface area contributed by atoms with Crippen LogP contribution in [0.4, 0.5) is 0 Å². The molecule has 6 nitrogen and oxygen atoms in total. The van der Waals surface area contributed by atoms with Crippen molar-refractivity contribution in [3.63, 3.8) is 0 Å². The van der Waals surface area contributed by atoms with Crippen molar-refractivity contribution in [3.05, 3.63) is 143 Å². The number of phenols is 2. The molecule has 2 N–H and O–H groups in total. The average Bonchev–Trinajstić information content (AvgIpc) is 4.06. The molecule has 51 heavy (non-hydrogen) atoms. The van der Waals surface area contributed by atoms with E-state index >= 15 is 0 Å². The van der Waals surface area contributed by atoms with Gasteiger partial charge in [0.05, 0.1) is 13.2 Å². The third kappa shape index (κ3) is 14.2. The van der Waals surface area contributed by atoms with Crippen LogP contribution < -0.4 is 9.47 Å². The van der Waals surface area contributed by atoms with Crippen molar-refractivity contribution in [1.82, 2.24) is 0 Å². The first-order valence-electron chi connectivity index (χ1n) is 17.4. The smallest absolute Gasteiger partial charge is 0.125 e. The summed E-state index contributed by atoms with van der Waals surface area (Å²) in [6, 6.07) is 35.0. The fourth-order valence-corrected chi connectivity index (χ4v) is 5.24. The van der Waals surface area contributed by atoms with Crippen LogP contribution in [-0.2, 0) is 22.3 Å². The molecule has 0 bridgehead atoms. The molecule has 272 valence electrons. The molecule has 0 amide bonds. The summed E-state index contributed by atoms with van der Waals surface area (Å²) < 4.78 is 22.4. The summed E-state index contributed by atoms with van der Waals surface area (Å²) in [6.07, 6.45) is 2.83. The summed E-state index contributed by atoms with van der Waals surface area (Å²) in [6.45, 7) is 15.7. The second-order valence-corrected chi connectivity index (χ2v) is 12.6. The lowest BCUT2D eigenvalue weighted by molar-refractivity contribution is 0.260. The average molecular weight is 693 g/mol. The van der Waals surface area contributed by atoms with Crippen molar-refractivity contribution in [3.8, 4) is 34.1 Å². The Hall–Kier alpha value is -4.78. The molecule has 0 spiro atoms. The predicted molar refractivity (Wildman–Crippen MR) is 209 cm³/mol. The van der Waals surface area contributed by atoms with Crippen LogP contribution in [0, 0.1) is 27.7 Å². The van der Waals surface area contributed by atoms with Crippen LogP contribution in [0.5, 0.6) is 23.0 Å². The van der Waals surface area contributed by atoms with Gasteiger partial charge in [0, 0.05) is 0 Å². The summed E-state index contributed by atoms with van der Waals surface area (Å²) in [5.41, 5.74) is 9.89. The Labute approximate surface area is 305 Å². The number of phenolic OH excluding ortho intramolecular Hbond substituents is 2. The molecular formula is C45H56O6. The molecule has 0 aromatic heterocycles. The van der Waals surface area contributed by atoms with Gasteiger partial charge in [-0.15, -0.1) is 0 Å². The van der Waals surface area contributed by atoms with Crippen molar-refractivity contribution in [2.75, 3.05) is 26.4 Å². The van der Waals surface area contributed by atoms with E-state index in [1.165, 1.54) is 22.3 Å². The number of hydrogen-bond acceptors (Lipinski definition) is 6. The van der Waals surface area contributed by atoms with Gasteiger partial charge in [-0.25, -0.2) is 0 Å². The van der Waals surface area contributed by atoms with Crippen molar-refractivity contribution in [2.24, 2.45) is 0 Å². The van der Waals surface area contributed by atoms with E-state index in [0.29, 0.717) is 24.7 Å². The quantitative estimate of drug-likeness (QED) is 0.150. The van der Waals surface area contributed by atoms with E-state index in [4.69, 9.17) is 29.2 Å². The summed E-state index contributed by atoms with van der Waals surface area (Å²) >= 11 is 0. The van der Waals surface area contributed by atoms with Crippen LogP contribution >= 0.6 is 0 Å². The summed E-state index contributed by atoms with van der Waals surface area (Å²) in [5, 5.41) is 17.3. The van der Waals surface area contributed by atoms with Crippen LogP contribution in [0.3, 0.4) is 0 Å². The minimum atomic E-state index is 0. The van der Waals surface area contributed by atoms with Gasteiger partial charge in [-0.1, -0.05) is 81.9 Å². The van der Waals surface area contributed by atoms with E-state index in [2.05, 4.69) is 90.1 Å². The lowest BCUT2D eigenvalue weighted by atomic mass is 9.96. The van der Waals surface area contributed by atoms with E-state index in [1.54, 1.807) is 48.5 Å². The fraction of sp³-hybridized carbons (Fsp3) is 0.333. The van der Waals surface area contributed by atoms with Gasteiger partial charge < -0.3 is 29.2 Å². The van der Waals surface area contributed by atoms with Crippen molar-refractivity contribution >= 4 is 0 Å². The van der Waals surface area contributed by atoms with Crippen LogP contribution in [-0.4, -0.2) is 48.8 Å². The van der Waals surface area contributed by atoms with Gasteiger partial charge >= 0.3 is 0 Å². The van der Waals surface area contributed by atoms with Crippen LogP contribution in [0.15, 0.2) is 109 Å². The second kappa shape index (κ2) is 20.8. The molecular weight excluding hydrogens is 636 g/mol. The third-order valence-corrected chi connectivity index (χ3v) is 8.24. The molecule has 2 aliphatic rings. The largest absolute Gasteiger partial charge is 0.508 e. The highest BCUT2D eigenvalue weighted by atomic mass is 16.6. The molecule has 2 atom stereocenters. The van der Waals surface area contributed by atoms with Gasteiger partial charge in [0.15, 0.2) is 0 Å². The maximum absolute atomic E-state index is 8.63. The monoisotopic (exact) mass is 692 g/mol. The Bertz CT molecular complexity index is 1550. The standard InChI is InChI=1S/C22H26O4.C10H14.2C6H6O.CH4/c1-13-5-17(6-14(2)21(13)25-11-19-9-23-19)18-7-15(3)22(16(4)8-18)26-12-20-10-24-20;1-3-9-5-7-10(4-2)8-6-9;2*7-6-4-2-1-3-5-6;/h5-8,19-20H,9-12H2,1-4H3;5-8H,3-4H2,1-2H3;2*1-5,7H;1H4. The molecule has 2 unspecified atom stereocenters. The number of aromatic hydroxyl groups is 2. The van der Waals surface area contributed by atoms with Crippen LogP contribution in [0.1, 0.15) is 54.7 Å². The molecule has 2 heterocycles. The van der Waals surface area contributed by atoms with Crippen molar-refractivity contribution in [2.45, 2.75) is 74.0 Å². The number of para-hydroxylation sites is 2.